The van der Waals surface area contributed by atoms with Crippen LogP contribution in [-0.4, -0.2) is 63.6 Å². The number of carbonyl (C=O) groups excluding carboxylic acids is 2. The molecular weight excluding hydrogens is 401 g/mol. The molecule has 0 radical (unpaired) electrons. The van der Waals surface area contributed by atoms with Gasteiger partial charge in [0, 0.05) is 18.4 Å². The number of aliphatic hydroxyl groups is 1. The fourth-order valence-corrected chi connectivity index (χ4v) is 5.40. The Kier molecular flexibility index (Phi) is 3.60. The SMILES string of the molecule is O=C(NC12CC(C(F)(F)F)(C1)C2)C(=O)N1CC(F)(F)[C@H](O)[C@]12CCC(F)(F)C2. The highest BCUT2D eigenvalue weighted by Gasteiger charge is 2.79. The lowest BCUT2D eigenvalue weighted by Crippen LogP contribution is -2.79. The first-order chi connectivity index (χ1) is 12.6. The first-order valence-electron chi connectivity index (χ1n) is 8.72. The second-order valence-corrected chi connectivity index (χ2v) is 8.73. The van der Waals surface area contributed by atoms with Crippen LogP contribution in [0.4, 0.5) is 30.7 Å². The van der Waals surface area contributed by atoms with Crippen molar-refractivity contribution in [3.05, 3.63) is 0 Å². The van der Waals surface area contributed by atoms with Crippen LogP contribution in [0.15, 0.2) is 0 Å². The minimum Gasteiger partial charge on any atom is -0.384 e. The summed E-state index contributed by atoms with van der Waals surface area (Å²) in [6.45, 7) is -1.41. The van der Waals surface area contributed by atoms with Crippen molar-refractivity contribution in [3.8, 4) is 0 Å². The van der Waals surface area contributed by atoms with Crippen molar-refractivity contribution < 1.29 is 45.4 Å². The van der Waals surface area contributed by atoms with Gasteiger partial charge in [-0.2, -0.15) is 13.2 Å². The van der Waals surface area contributed by atoms with Gasteiger partial charge >= 0.3 is 18.0 Å². The van der Waals surface area contributed by atoms with Gasteiger partial charge in [0.05, 0.1) is 17.5 Å². The van der Waals surface area contributed by atoms with Gasteiger partial charge in [0.2, 0.25) is 0 Å². The molecule has 5 fully saturated rings. The normalized spacial score (nSPS) is 42.9. The maximum atomic E-state index is 14.0. The third-order valence-corrected chi connectivity index (χ3v) is 6.75. The number of rotatable bonds is 1. The van der Waals surface area contributed by atoms with Crippen LogP contribution >= 0.6 is 0 Å². The molecule has 5 aliphatic rings. The van der Waals surface area contributed by atoms with Gasteiger partial charge in [-0.25, -0.2) is 17.6 Å². The first-order valence-corrected chi connectivity index (χ1v) is 8.72. The van der Waals surface area contributed by atoms with Gasteiger partial charge in [-0.1, -0.05) is 0 Å². The lowest BCUT2D eigenvalue weighted by molar-refractivity contribution is -0.337. The molecule has 1 heterocycles. The molecule has 2 N–H and O–H groups in total. The number of hydrogen-bond donors (Lipinski definition) is 2. The van der Waals surface area contributed by atoms with Crippen LogP contribution in [0.3, 0.4) is 0 Å². The second kappa shape index (κ2) is 5.11. The Bertz CT molecular complexity index is 733. The summed E-state index contributed by atoms with van der Waals surface area (Å²) in [5.74, 6) is -10.2. The van der Waals surface area contributed by atoms with Crippen LogP contribution in [0.2, 0.25) is 0 Å². The van der Waals surface area contributed by atoms with E-state index < -0.39 is 97.5 Å². The highest BCUT2D eigenvalue weighted by molar-refractivity contribution is 6.35. The van der Waals surface area contributed by atoms with Crippen molar-refractivity contribution in [2.24, 2.45) is 5.41 Å². The molecule has 5 nitrogen and oxygen atoms in total. The smallest absolute Gasteiger partial charge is 0.384 e. The van der Waals surface area contributed by atoms with Gasteiger partial charge < -0.3 is 15.3 Å². The summed E-state index contributed by atoms with van der Waals surface area (Å²) in [4.78, 5) is 25.0. The maximum Gasteiger partial charge on any atom is 0.394 e. The van der Waals surface area contributed by atoms with Crippen molar-refractivity contribution in [1.82, 2.24) is 10.2 Å². The number of aliphatic hydroxyl groups excluding tert-OH is 1. The molecule has 0 unspecified atom stereocenters. The van der Waals surface area contributed by atoms with Gasteiger partial charge in [0.1, 0.15) is 6.10 Å². The molecule has 28 heavy (non-hydrogen) atoms. The maximum absolute atomic E-state index is 14.0. The lowest BCUT2D eigenvalue weighted by Gasteiger charge is -2.70. The molecule has 2 atom stereocenters. The van der Waals surface area contributed by atoms with E-state index in [0.29, 0.717) is 0 Å². The summed E-state index contributed by atoms with van der Waals surface area (Å²) in [7, 11) is 0. The fraction of sp³-hybridized carbons (Fsp3) is 0.875. The highest BCUT2D eigenvalue weighted by atomic mass is 19.4. The summed E-state index contributed by atoms with van der Waals surface area (Å²) >= 11 is 0. The summed E-state index contributed by atoms with van der Waals surface area (Å²) < 4.78 is 94.0. The zero-order chi connectivity index (χ0) is 21.0. The molecule has 4 saturated carbocycles. The number of hydrogen-bond acceptors (Lipinski definition) is 3. The zero-order valence-electron chi connectivity index (χ0n) is 14.4. The Balaban J connectivity index is 1.49. The monoisotopic (exact) mass is 418 g/mol. The van der Waals surface area contributed by atoms with Crippen LogP contribution < -0.4 is 5.32 Å². The molecule has 0 aromatic heterocycles. The Morgan fingerprint density at radius 3 is 2.04 bits per heavy atom. The van der Waals surface area contributed by atoms with E-state index in [-0.39, 0.29) is 4.90 Å². The van der Waals surface area contributed by atoms with Crippen molar-refractivity contribution in [2.75, 3.05) is 6.54 Å². The summed E-state index contributed by atoms with van der Waals surface area (Å²) in [6.07, 6.45) is -10.9. The van der Waals surface area contributed by atoms with Crippen LogP contribution in [0.1, 0.15) is 38.5 Å². The summed E-state index contributed by atoms with van der Waals surface area (Å²) in [6, 6.07) is 0. The van der Waals surface area contributed by atoms with Crippen molar-refractivity contribution in [3.63, 3.8) is 0 Å². The zero-order valence-corrected chi connectivity index (χ0v) is 14.4. The lowest BCUT2D eigenvalue weighted by atomic mass is 9.39. The molecule has 5 rings (SSSR count). The van der Waals surface area contributed by atoms with E-state index in [1.54, 1.807) is 0 Å². The van der Waals surface area contributed by atoms with Crippen LogP contribution in [0.5, 0.6) is 0 Å². The van der Waals surface area contributed by atoms with E-state index in [9.17, 15) is 45.4 Å². The van der Waals surface area contributed by atoms with Gasteiger partial charge in [-0.3, -0.25) is 9.59 Å². The predicted molar refractivity (Wildman–Crippen MR) is 77.4 cm³/mol. The van der Waals surface area contributed by atoms with Crippen LogP contribution in [-0.2, 0) is 9.59 Å². The van der Waals surface area contributed by atoms with E-state index in [2.05, 4.69) is 5.32 Å². The molecular formula is C16H17F7N2O3. The predicted octanol–water partition coefficient (Wildman–Crippen LogP) is 1.98. The Labute approximate surface area is 154 Å². The first kappa shape index (κ1) is 19.7. The fourth-order valence-electron chi connectivity index (χ4n) is 5.40. The van der Waals surface area contributed by atoms with E-state index >= 15 is 0 Å². The molecule has 1 saturated heterocycles. The van der Waals surface area contributed by atoms with Crippen molar-refractivity contribution in [1.29, 1.82) is 0 Å². The Morgan fingerprint density at radius 1 is 1.00 bits per heavy atom. The molecule has 2 bridgehead atoms. The second-order valence-electron chi connectivity index (χ2n) is 8.73. The number of amides is 2. The molecule has 1 spiro atoms. The summed E-state index contributed by atoms with van der Waals surface area (Å²) in [5.41, 5.74) is -5.40. The minimum atomic E-state index is -4.44. The molecule has 2 amide bonds. The minimum absolute atomic E-state index is 0.277. The average molecular weight is 418 g/mol. The van der Waals surface area contributed by atoms with Crippen LogP contribution in [0, 0.1) is 5.41 Å². The number of alkyl halides is 7. The number of carbonyl (C=O) groups is 2. The quantitative estimate of drug-likeness (QED) is 0.506. The highest BCUT2D eigenvalue weighted by Crippen LogP contribution is 2.73. The third-order valence-electron chi connectivity index (χ3n) is 6.75. The number of likely N-dealkylation sites (tertiary alicyclic amines) is 1. The van der Waals surface area contributed by atoms with E-state index in [4.69, 9.17) is 0 Å². The molecule has 4 aliphatic carbocycles. The standard InChI is InChI=1S/C16H17F7N2O3/c17-14(18)2-1-13(6-14)10(28)15(19,20)7-25(13)9(27)8(26)24-12-3-11(4-12,5-12)16(21,22)23/h10,28H,1-7H2,(H,24,26)/t10-,11?,12?,13-/m1/s1. The molecule has 1 aliphatic heterocycles. The van der Waals surface area contributed by atoms with Crippen molar-refractivity contribution in [2.45, 2.75) is 73.7 Å². The Hall–Kier alpha value is -1.59. The van der Waals surface area contributed by atoms with Gasteiger partial charge in [0.15, 0.2) is 0 Å². The van der Waals surface area contributed by atoms with Gasteiger partial charge in [-0.15, -0.1) is 0 Å². The molecule has 0 aromatic rings. The largest absolute Gasteiger partial charge is 0.394 e. The van der Waals surface area contributed by atoms with E-state index in [1.807, 2.05) is 0 Å². The summed E-state index contributed by atoms with van der Waals surface area (Å²) in [5, 5.41) is 12.1. The topological polar surface area (TPSA) is 69.6 Å². The molecule has 0 aromatic carbocycles. The van der Waals surface area contributed by atoms with Crippen molar-refractivity contribution >= 4 is 11.8 Å². The van der Waals surface area contributed by atoms with E-state index in [1.165, 1.54) is 0 Å². The van der Waals surface area contributed by atoms with Gasteiger partial charge in [0.25, 0.3) is 11.8 Å². The van der Waals surface area contributed by atoms with Crippen LogP contribution in [0.25, 0.3) is 0 Å². The number of nitrogens with zero attached hydrogens (tertiary/aromatic N) is 1. The van der Waals surface area contributed by atoms with E-state index in [0.717, 1.165) is 0 Å². The van der Waals surface area contributed by atoms with Gasteiger partial charge in [-0.05, 0) is 25.7 Å². The average Bonchev–Trinajstić information content (AvgIpc) is 2.89. The Morgan fingerprint density at radius 2 is 1.57 bits per heavy atom. The third kappa shape index (κ3) is 2.42. The molecule has 158 valence electrons. The number of halogens is 7. The molecule has 12 heteroatoms. The number of nitrogens with one attached hydrogen (secondary N) is 1.